The van der Waals surface area contributed by atoms with E-state index in [0.717, 1.165) is 0 Å². The molecule has 0 unspecified atom stereocenters. The van der Waals surface area contributed by atoms with Crippen molar-refractivity contribution in [3.63, 3.8) is 0 Å². The van der Waals surface area contributed by atoms with Crippen LogP contribution in [0, 0.1) is 0 Å². The van der Waals surface area contributed by atoms with E-state index in [-0.39, 0.29) is 11.8 Å². The average molecular weight is 292 g/mol. The van der Waals surface area contributed by atoms with E-state index < -0.39 is 0 Å². The first-order valence-electron chi connectivity index (χ1n) is 6.12. The lowest BCUT2D eigenvalue weighted by Crippen LogP contribution is -2.34. The van der Waals surface area contributed by atoms with Gasteiger partial charge in [-0.1, -0.05) is 0 Å². The Morgan fingerprint density at radius 1 is 1.40 bits per heavy atom. The Morgan fingerprint density at radius 3 is 3.10 bits per heavy atom. The standard InChI is InChI=1S/C11H12N6O2S/c18-9-1-4-16(5-3-12-9)11(19)10-8(2-6-20-10)17-7-13-14-15-17/h2,6-7H,1,3-5H2,(H,12,18). The molecule has 2 amide bonds. The molecule has 1 saturated heterocycles. The molecule has 0 aromatic carbocycles. The number of carbonyl (C=O) groups is 2. The Bertz CT molecular complexity index is 623. The fourth-order valence-corrected chi connectivity index (χ4v) is 2.87. The molecule has 0 saturated carbocycles. The molecule has 0 spiro atoms. The van der Waals surface area contributed by atoms with Crippen molar-refractivity contribution in [3.8, 4) is 5.69 Å². The molecule has 0 atom stereocenters. The predicted octanol–water partition coefficient (Wildman–Crippen LogP) is -0.314. The summed E-state index contributed by atoms with van der Waals surface area (Å²) in [6, 6.07) is 1.80. The number of hydrogen-bond acceptors (Lipinski definition) is 6. The van der Waals surface area contributed by atoms with E-state index >= 15 is 0 Å². The minimum atomic E-state index is -0.0954. The molecule has 0 bridgehead atoms. The lowest BCUT2D eigenvalue weighted by atomic mass is 10.3. The normalized spacial score (nSPS) is 15.8. The molecule has 9 heteroatoms. The van der Waals surface area contributed by atoms with E-state index in [1.165, 1.54) is 22.3 Å². The van der Waals surface area contributed by atoms with Crippen LogP contribution in [0.4, 0.5) is 0 Å². The van der Waals surface area contributed by atoms with E-state index in [9.17, 15) is 9.59 Å². The monoisotopic (exact) mass is 292 g/mol. The molecule has 1 N–H and O–H groups in total. The molecule has 2 aromatic rings. The third-order valence-corrected chi connectivity index (χ3v) is 3.93. The van der Waals surface area contributed by atoms with Gasteiger partial charge in [0.25, 0.3) is 5.91 Å². The molecule has 0 aliphatic carbocycles. The number of rotatable bonds is 2. The van der Waals surface area contributed by atoms with Crippen LogP contribution in [0.15, 0.2) is 17.8 Å². The van der Waals surface area contributed by atoms with Crippen molar-refractivity contribution in [2.24, 2.45) is 0 Å². The van der Waals surface area contributed by atoms with Gasteiger partial charge in [0, 0.05) is 26.1 Å². The molecule has 3 rings (SSSR count). The summed E-state index contributed by atoms with van der Waals surface area (Å²) in [5, 5.41) is 15.5. The van der Waals surface area contributed by atoms with Gasteiger partial charge in [-0.3, -0.25) is 9.59 Å². The molecule has 1 aliphatic heterocycles. The number of tetrazole rings is 1. The van der Waals surface area contributed by atoms with Crippen molar-refractivity contribution in [1.29, 1.82) is 0 Å². The molecular formula is C11H12N6O2S. The van der Waals surface area contributed by atoms with E-state index in [0.29, 0.717) is 36.6 Å². The van der Waals surface area contributed by atoms with Gasteiger partial charge in [0.05, 0.1) is 5.69 Å². The quantitative estimate of drug-likeness (QED) is 0.819. The predicted molar refractivity (Wildman–Crippen MR) is 70.6 cm³/mol. The van der Waals surface area contributed by atoms with Crippen LogP contribution in [0.5, 0.6) is 0 Å². The van der Waals surface area contributed by atoms with E-state index in [2.05, 4.69) is 20.8 Å². The minimum absolute atomic E-state index is 0.0211. The number of aromatic nitrogens is 4. The van der Waals surface area contributed by atoms with Crippen molar-refractivity contribution in [2.75, 3.05) is 19.6 Å². The van der Waals surface area contributed by atoms with Crippen LogP contribution >= 0.6 is 11.3 Å². The molecule has 104 valence electrons. The lowest BCUT2D eigenvalue weighted by molar-refractivity contribution is -0.120. The van der Waals surface area contributed by atoms with Gasteiger partial charge < -0.3 is 10.2 Å². The van der Waals surface area contributed by atoms with Gasteiger partial charge >= 0.3 is 0 Å². The second-order valence-electron chi connectivity index (χ2n) is 4.28. The summed E-state index contributed by atoms with van der Waals surface area (Å²) in [5.74, 6) is -0.117. The fourth-order valence-electron chi connectivity index (χ4n) is 2.03. The first kappa shape index (κ1) is 12.7. The third-order valence-electron chi connectivity index (χ3n) is 3.03. The van der Waals surface area contributed by atoms with Gasteiger partial charge in [0.2, 0.25) is 5.91 Å². The van der Waals surface area contributed by atoms with Gasteiger partial charge in [-0.25, -0.2) is 0 Å². The molecule has 2 aromatic heterocycles. The Labute approximate surface area is 118 Å². The number of carbonyl (C=O) groups excluding carboxylic acids is 2. The number of thiophene rings is 1. The van der Waals surface area contributed by atoms with Crippen LogP contribution in [0.25, 0.3) is 5.69 Å². The molecule has 1 fully saturated rings. The summed E-state index contributed by atoms with van der Waals surface area (Å²) < 4.78 is 1.46. The summed E-state index contributed by atoms with van der Waals surface area (Å²) in [5.41, 5.74) is 0.661. The molecule has 20 heavy (non-hydrogen) atoms. The van der Waals surface area contributed by atoms with E-state index in [1.807, 2.05) is 5.38 Å². The maximum absolute atomic E-state index is 12.6. The first-order valence-corrected chi connectivity index (χ1v) is 7.00. The fraction of sp³-hybridized carbons (Fsp3) is 0.364. The largest absolute Gasteiger partial charge is 0.354 e. The van der Waals surface area contributed by atoms with Crippen LogP contribution in [0.1, 0.15) is 16.1 Å². The van der Waals surface area contributed by atoms with Gasteiger partial charge in [0.15, 0.2) is 0 Å². The Hall–Kier alpha value is -2.29. The highest BCUT2D eigenvalue weighted by molar-refractivity contribution is 7.12. The van der Waals surface area contributed by atoms with Crippen molar-refractivity contribution in [2.45, 2.75) is 6.42 Å². The Balaban J connectivity index is 1.84. The van der Waals surface area contributed by atoms with E-state index in [1.54, 1.807) is 11.0 Å². The smallest absolute Gasteiger partial charge is 0.266 e. The van der Waals surface area contributed by atoms with Gasteiger partial charge in [-0.15, -0.1) is 16.4 Å². The summed E-state index contributed by atoms with van der Waals surface area (Å²) in [7, 11) is 0. The van der Waals surface area contributed by atoms with Crippen LogP contribution < -0.4 is 5.32 Å². The number of nitrogens with zero attached hydrogens (tertiary/aromatic N) is 5. The van der Waals surface area contributed by atoms with E-state index in [4.69, 9.17) is 0 Å². The summed E-state index contributed by atoms with van der Waals surface area (Å²) in [6.07, 6.45) is 1.78. The highest BCUT2D eigenvalue weighted by Crippen LogP contribution is 2.22. The molecule has 0 radical (unpaired) electrons. The Morgan fingerprint density at radius 2 is 2.30 bits per heavy atom. The minimum Gasteiger partial charge on any atom is -0.354 e. The third kappa shape index (κ3) is 2.39. The van der Waals surface area contributed by atoms with Crippen LogP contribution in [-0.2, 0) is 4.79 Å². The zero-order chi connectivity index (χ0) is 13.9. The zero-order valence-electron chi connectivity index (χ0n) is 10.5. The molecule has 8 nitrogen and oxygen atoms in total. The summed E-state index contributed by atoms with van der Waals surface area (Å²) >= 11 is 1.34. The summed E-state index contributed by atoms with van der Waals surface area (Å²) in [4.78, 5) is 26.1. The van der Waals surface area contributed by atoms with Crippen molar-refractivity contribution in [3.05, 3.63) is 22.7 Å². The van der Waals surface area contributed by atoms with Crippen LogP contribution in [-0.4, -0.2) is 56.6 Å². The number of amides is 2. The lowest BCUT2D eigenvalue weighted by Gasteiger charge is -2.19. The van der Waals surface area contributed by atoms with Crippen molar-refractivity contribution < 1.29 is 9.59 Å². The highest BCUT2D eigenvalue weighted by Gasteiger charge is 2.23. The molecular weight excluding hydrogens is 280 g/mol. The van der Waals surface area contributed by atoms with Gasteiger partial charge in [-0.05, 0) is 21.9 Å². The van der Waals surface area contributed by atoms with Crippen LogP contribution in [0.3, 0.4) is 0 Å². The zero-order valence-corrected chi connectivity index (χ0v) is 11.3. The second kappa shape index (κ2) is 5.37. The van der Waals surface area contributed by atoms with Crippen LogP contribution in [0.2, 0.25) is 0 Å². The maximum atomic E-state index is 12.6. The second-order valence-corrected chi connectivity index (χ2v) is 5.20. The topological polar surface area (TPSA) is 93.0 Å². The summed E-state index contributed by atoms with van der Waals surface area (Å²) in [6.45, 7) is 1.42. The maximum Gasteiger partial charge on any atom is 0.266 e. The molecule has 3 heterocycles. The SMILES string of the molecule is O=C1CCN(C(=O)c2sccc2-n2cnnn2)CCN1. The van der Waals surface area contributed by atoms with Gasteiger partial charge in [-0.2, -0.15) is 4.68 Å². The first-order chi connectivity index (χ1) is 9.75. The Kier molecular flexibility index (Phi) is 3.42. The number of nitrogens with one attached hydrogen (secondary N) is 1. The van der Waals surface area contributed by atoms with Gasteiger partial charge in [0.1, 0.15) is 11.2 Å². The molecule has 1 aliphatic rings. The van der Waals surface area contributed by atoms with Crippen molar-refractivity contribution in [1.82, 2.24) is 30.4 Å². The van der Waals surface area contributed by atoms with Crippen molar-refractivity contribution >= 4 is 23.2 Å². The highest BCUT2D eigenvalue weighted by atomic mass is 32.1. The number of hydrogen-bond donors (Lipinski definition) is 1. The average Bonchev–Trinajstić information content (AvgIpc) is 3.07.